The van der Waals surface area contributed by atoms with Gasteiger partial charge in [0.05, 0.1) is 11.0 Å². The molecule has 0 unspecified atom stereocenters. The molecule has 8 rings (SSSR count). The van der Waals surface area contributed by atoms with Crippen molar-refractivity contribution >= 4 is 21.8 Å². The van der Waals surface area contributed by atoms with E-state index in [1.54, 1.807) is 0 Å². The van der Waals surface area contributed by atoms with E-state index < -0.39 is 0 Å². The number of benzene rings is 6. The van der Waals surface area contributed by atoms with Gasteiger partial charge in [-0.25, -0.2) is 15.0 Å². The van der Waals surface area contributed by atoms with Crippen molar-refractivity contribution in [2.75, 3.05) is 0 Å². The Morgan fingerprint density at radius 3 is 1.20 bits per heavy atom. The van der Waals surface area contributed by atoms with E-state index in [4.69, 9.17) is 15.0 Å². The minimum atomic E-state index is 0.654. The van der Waals surface area contributed by atoms with Crippen molar-refractivity contribution in [1.82, 2.24) is 19.5 Å². The number of hydrogen-bond acceptors (Lipinski definition) is 3. The standard InChI is InChI=1S/C41H30N4/c1-27-13-23-37-35(25-27)36-26-28(2)14-24-38(36)45(37)34-21-19-30(20-22-34)29-15-17-33(18-16-29)41-43-39(31-9-5-3-6-10-31)42-40(44-41)32-11-7-4-8-12-32/h3-26H,1-2H3. The van der Waals surface area contributed by atoms with Gasteiger partial charge in [0.25, 0.3) is 0 Å². The molecule has 0 saturated heterocycles. The van der Waals surface area contributed by atoms with E-state index in [9.17, 15) is 0 Å². The summed E-state index contributed by atoms with van der Waals surface area (Å²) in [5.74, 6) is 1.98. The molecule has 214 valence electrons. The summed E-state index contributed by atoms with van der Waals surface area (Å²) in [6.07, 6.45) is 0. The highest BCUT2D eigenvalue weighted by atomic mass is 15.0. The third-order valence-corrected chi connectivity index (χ3v) is 8.38. The molecule has 0 amide bonds. The molecular weight excluding hydrogens is 548 g/mol. The number of hydrogen-bond donors (Lipinski definition) is 0. The normalized spacial score (nSPS) is 11.3. The molecule has 0 saturated carbocycles. The zero-order chi connectivity index (χ0) is 30.3. The smallest absolute Gasteiger partial charge is 0.164 e. The van der Waals surface area contributed by atoms with Crippen molar-refractivity contribution in [2.45, 2.75) is 13.8 Å². The molecule has 0 radical (unpaired) electrons. The van der Waals surface area contributed by atoms with Crippen molar-refractivity contribution in [1.29, 1.82) is 0 Å². The van der Waals surface area contributed by atoms with Gasteiger partial charge >= 0.3 is 0 Å². The van der Waals surface area contributed by atoms with E-state index in [-0.39, 0.29) is 0 Å². The lowest BCUT2D eigenvalue weighted by molar-refractivity contribution is 1.07. The molecule has 0 N–H and O–H groups in total. The maximum absolute atomic E-state index is 4.88. The Bertz CT molecular complexity index is 2190. The van der Waals surface area contributed by atoms with Gasteiger partial charge in [0.2, 0.25) is 0 Å². The molecule has 0 aliphatic rings. The lowest BCUT2D eigenvalue weighted by Gasteiger charge is -2.11. The molecule has 45 heavy (non-hydrogen) atoms. The first-order valence-corrected chi connectivity index (χ1v) is 15.2. The predicted molar refractivity (Wildman–Crippen MR) is 185 cm³/mol. The highest BCUT2D eigenvalue weighted by molar-refractivity contribution is 6.09. The molecule has 0 aliphatic carbocycles. The van der Waals surface area contributed by atoms with Gasteiger partial charge < -0.3 is 4.57 Å². The average Bonchev–Trinajstić information content (AvgIpc) is 3.41. The van der Waals surface area contributed by atoms with Crippen LogP contribution in [-0.4, -0.2) is 19.5 Å². The van der Waals surface area contributed by atoms with E-state index in [1.807, 2.05) is 60.7 Å². The Morgan fingerprint density at radius 1 is 0.378 bits per heavy atom. The van der Waals surface area contributed by atoms with Crippen LogP contribution in [0.25, 0.3) is 72.8 Å². The van der Waals surface area contributed by atoms with Crippen LogP contribution in [-0.2, 0) is 0 Å². The molecule has 2 aromatic heterocycles. The van der Waals surface area contributed by atoms with E-state index >= 15 is 0 Å². The number of nitrogens with zero attached hydrogens (tertiary/aromatic N) is 4. The van der Waals surface area contributed by atoms with Crippen LogP contribution >= 0.6 is 0 Å². The minimum Gasteiger partial charge on any atom is -0.309 e. The van der Waals surface area contributed by atoms with Crippen LogP contribution < -0.4 is 0 Å². The molecule has 8 aromatic rings. The van der Waals surface area contributed by atoms with E-state index in [1.165, 1.54) is 32.9 Å². The topological polar surface area (TPSA) is 43.6 Å². The van der Waals surface area contributed by atoms with Crippen LogP contribution in [0.3, 0.4) is 0 Å². The number of fused-ring (bicyclic) bond motifs is 3. The summed E-state index contributed by atoms with van der Waals surface area (Å²) in [5.41, 5.74) is 11.3. The maximum atomic E-state index is 4.88. The van der Waals surface area contributed by atoms with Crippen molar-refractivity contribution in [3.63, 3.8) is 0 Å². The second-order valence-corrected chi connectivity index (χ2v) is 11.5. The predicted octanol–water partition coefficient (Wildman–Crippen LogP) is 10.3. The van der Waals surface area contributed by atoms with Gasteiger partial charge in [0.15, 0.2) is 17.5 Å². The van der Waals surface area contributed by atoms with Crippen LogP contribution in [0.4, 0.5) is 0 Å². The number of aryl methyl sites for hydroxylation is 2. The molecule has 4 nitrogen and oxygen atoms in total. The summed E-state index contributed by atoms with van der Waals surface area (Å²) in [5, 5.41) is 2.58. The Morgan fingerprint density at radius 2 is 0.756 bits per heavy atom. The fourth-order valence-corrected chi connectivity index (χ4v) is 6.08. The largest absolute Gasteiger partial charge is 0.309 e. The van der Waals surface area contributed by atoms with Gasteiger partial charge in [-0.1, -0.05) is 120 Å². The van der Waals surface area contributed by atoms with Crippen molar-refractivity contribution in [3.05, 3.63) is 157 Å². The average molecular weight is 579 g/mol. The zero-order valence-corrected chi connectivity index (χ0v) is 25.1. The summed E-state index contributed by atoms with van der Waals surface area (Å²) in [7, 11) is 0. The zero-order valence-electron chi connectivity index (χ0n) is 25.1. The van der Waals surface area contributed by atoms with Crippen molar-refractivity contribution < 1.29 is 0 Å². The summed E-state index contributed by atoms with van der Waals surface area (Å²) in [6.45, 7) is 4.31. The van der Waals surface area contributed by atoms with Gasteiger partial charge in [-0.05, 0) is 61.4 Å². The summed E-state index contributed by atoms with van der Waals surface area (Å²) in [6, 6.07) is 50.9. The molecule has 0 aliphatic heterocycles. The van der Waals surface area contributed by atoms with Crippen LogP contribution in [0.5, 0.6) is 0 Å². The van der Waals surface area contributed by atoms with Crippen molar-refractivity contribution in [3.8, 4) is 51.0 Å². The molecule has 0 fully saturated rings. The van der Waals surface area contributed by atoms with Crippen LogP contribution in [0, 0.1) is 13.8 Å². The van der Waals surface area contributed by atoms with Crippen molar-refractivity contribution in [2.24, 2.45) is 0 Å². The molecule has 6 aromatic carbocycles. The van der Waals surface area contributed by atoms with Crippen LogP contribution in [0.2, 0.25) is 0 Å². The van der Waals surface area contributed by atoms with Gasteiger partial charge in [-0.2, -0.15) is 0 Å². The van der Waals surface area contributed by atoms with Gasteiger partial charge in [0.1, 0.15) is 0 Å². The number of rotatable bonds is 5. The molecular formula is C41H30N4. The van der Waals surface area contributed by atoms with E-state index in [0.29, 0.717) is 17.5 Å². The van der Waals surface area contributed by atoms with Crippen LogP contribution in [0.15, 0.2) is 146 Å². The van der Waals surface area contributed by atoms with Gasteiger partial charge in [-0.15, -0.1) is 0 Å². The second kappa shape index (κ2) is 11.0. The van der Waals surface area contributed by atoms with Crippen LogP contribution in [0.1, 0.15) is 11.1 Å². The summed E-state index contributed by atoms with van der Waals surface area (Å²) < 4.78 is 2.37. The summed E-state index contributed by atoms with van der Waals surface area (Å²) in [4.78, 5) is 14.6. The Balaban J connectivity index is 1.15. The van der Waals surface area contributed by atoms with Gasteiger partial charge in [0, 0.05) is 33.2 Å². The van der Waals surface area contributed by atoms with E-state index in [0.717, 1.165) is 33.5 Å². The molecule has 2 heterocycles. The molecule has 0 bridgehead atoms. The maximum Gasteiger partial charge on any atom is 0.164 e. The summed E-state index contributed by atoms with van der Waals surface area (Å²) >= 11 is 0. The molecule has 0 atom stereocenters. The second-order valence-electron chi connectivity index (χ2n) is 11.5. The lowest BCUT2D eigenvalue weighted by Crippen LogP contribution is -2.00. The monoisotopic (exact) mass is 578 g/mol. The van der Waals surface area contributed by atoms with Gasteiger partial charge in [-0.3, -0.25) is 0 Å². The first-order chi connectivity index (χ1) is 22.1. The molecule has 4 heteroatoms. The third kappa shape index (κ3) is 4.96. The third-order valence-electron chi connectivity index (χ3n) is 8.38. The van der Waals surface area contributed by atoms with E-state index in [2.05, 4.69) is 103 Å². The quantitative estimate of drug-likeness (QED) is 0.204. The molecule has 0 spiro atoms. The first-order valence-electron chi connectivity index (χ1n) is 15.2. The first kappa shape index (κ1) is 26.7. The minimum absolute atomic E-state index is 0.654. The highest BCUT2D eigenvalue weighted by Crippen LogP contribution is 2.34. The SMILES string of the molecule is Cc1ccc2c(c1)c1cc(C)ccc1n2-c1ccc(-c2ccc(-c3nc(-c4ccccc4)nc(-c4ccccc4)n3)cc2)cc1. The number of aromatic nitrogens is 4. The Labute approximate surface area is 262 Å². The Hall–Kier alpha value is -5.87. The highest BCUT2D eigenvalue weighted by Gasteiger charge is 2.14. The Kier molecular flexibility index (Phi) is 6.54. The fourth-order valence-electron chi connectivity index (χ4n) is 6.08. The lowest BCUT2D eigenvalue weighted by atomic mass is 10.0. The fraction of sp³-hybridized carbons (Fsp3) is 0.0488.